The van der Waals surface area contributed by atoms with E-state index in [9.17, 15) is 23.1 Å². The molecule has 1 fully saturated rings. The molecule has 1 aromatic carbocycles. The minimum atomic E-state index is -2.95. The highest BCUT2D eigenvalue weighted by molar-refractivity contribution is 6.25. The third kappa shape index (κ3) is 4.74. The zero-order valence-corrected chi connectivity index (χ0v) is 18.3. The van der Waals surface area contributed by atoms with Gasteiger partial charge in [-0.3, -0.25) is 9.79 Å². The molecule has 2 N–H and O–H groups in total. The van der Waals surface area contributed by atoms with Gasteiger partial charge in [-0.15, -0.1) is 0 Å². The number of morpholine rings is 1. The fraction of sp³-hybridized carbons (Fsp3) is 0.500. The maximum absolute atomic E-state index is 14.6. The highest BCUT2D eigenvalue weighted by Crippen LogP contribution is 2.28. The zero-order valence-electron chi connectivity index (χ0n) is 18.3. The lowest BCUT2D eigenvalue weighted by molar-refractivity contribution is -0.117. The SMILES string of the molecule is C[C@@H]1CN2N=C(N3CCO[C@H](CO)C3)C=C(C(=O)N[C@H](C)c3cccc(C(F)F)c3F)C2=N1. The van der Waals surface area contributed by atoms with Crippen molar-refractivity contribution in [2.45, 2.75) is 38.5 Å². The lowest BCUT2D eigenvalue weighted by Crippen LogP contribution is -2.49. The molecule has 1 aromatic rings. The number of aliphatic hydroxyl groups is 1. The second kappa shape index (κ2) is 9.52. The predicted octanol–water partition coefficient (Wildman–Crippen LogP) is 1.99. The van der Waals surface area contributed by atoms with E-state index in [0.29, 0.717) is 37.9 Å². The first-order valence-corrected chi connectivity index (χ1v) is 10.8. The lowest BCUT2D eigenvalue weighted by Gasteiger charge is -2.35. The molecule has 0 bridgehead atoms. The molecule has 0 aliphatic carbocycles. The molecule has 0 spiro atoms. The first-order chi connectivity index (χ1) is 15.8. The van der Waals surface area contributed by atoms with Gasteiger partial charge in [0.05, 0.1) is 49.1 Å². The van der Waals surface area contributed by atoms with Gasteiger partial charge in [0, 0.05) is 18.7 Å². The molecule has 1 amide bonds. The van der Waals surface area contributed by atoms with Gasteiger partial charge in [-0.1, -0.05) is 18.2 Å². The Labute approximate surface area is 189 Å². The number of benzene rings is 1. The largest absolute Gasteiger partial charge is 0.394 e. The summed E-state index contributed by atoms with van der Waals surface area (Å²) in [7, 11) is 0. The molecule has 3 aliphatic rings. The Balaban J connectivity index is 1.58. The molecular formula is C22H26F3N5O3. The Morgan fingerprint density at radius 2 is 2.09 bits per heavy atom. The Kier molecular flexibility index (Phi) is 6.71. The molecule has 33 heavy (non-hydrogen) atoms. The quantitative estimate of drug-likeness (QED) is 0.694. The van der Waals surface area contributed by atoms with Crippen LogP contribution in [0.25, 0.3) is 0 Å². The fourth-order valence-electron chi connectivity index (χ4n) is 4.08. The number of hydrogen-bond acceptors (Lipinski definition) is 7. The van der Waals surface area contributed by atoms with Gasteiger partial charge in [-0.25, -0.2) is 18.2 Å². The molecule has 0 saturated carbocycles. The van der Waals surface area contributed by atoms with Crippen LogP contribution in [0.15, 0.2) is 39.9 Å². The number of amides is 1. The summed E-state index contributed by atoms with van der Waals surface area (Å²) in [6.07, 6.45) is -1.70. The third-order valence-electron chi connectivity index (χ3n) is 5.78. The van der Waals surface area contributed by atoms with Gasteiger partial charge in [0.1, 0.15) is 11.7 Å². The van der Waals surface area contributed by atoms with Crippen molar-refractivity contribution in [3.63, 3.8) is 0 Å². The van der Waals surface area contributed by atoms with Gasteiger partial charge in [-0.05, 0) is 19.9 Å². The van der Waals surface area contributed by atoms with E-state index in [0.717, 1.165) is 6.07 Å². The van der Waals surface area contributed by atoms with Gasteiger partial charge in [0.25, 0.3) is 12.3 Å². The highest BCUT2D eigenvalue weighted by Gasteiger charge is 2.35. The van der Waals surface area contributed by atoms with Crippen LogP contribution in [0, 0.1) is 5.82 Å². The number of hydrogen-bond donors (Lipinski definition) is 2. The van der Waals surface area contributed by atoms with Crippen molar-refractivity contribution in [2.75, 3.05) is 32.8 Å². The van der Waals surface area contributed by atoms with Crippen LogP contribution in [-0.2, 0) is 9.53 Å². The van der Waals surface area contributed by atoms with Crippen LogP contribution in [0.5, 0.6) is 0 Å². The molecule has 8 nitrogen and oxygen atoms in total. The standard InChI is InChI=1S/C22H26F3N5O3/c1-12-9-30-21(26-12)17(8-18(28-30)29-6-7-33-14(10-29)11-31)22(32)27-13(2)15-4-3-5-16(19(15)23)20(24)25/h3-5,8,12-14,20,31H,6-7,9-11H2,1-2H3,(H,27,32)/t12-,13-,14+/m1/s1. The van der Waals surface area contributed by atoms with E-state index in [1.165, 1.54) is 19.1 Å². The number of fused-ring (bicyclic) bond motifs is 1. The topological polar surface area (TPSA) is 89.8 Å². The first-order valence-electron chi connectivity index (χ1n) is 10.8. The summed E-state index contributed by atoms with van der Waals surface area (Å²) in [5.74, 6) is -0.600. The zero-order chi connectivity index (χ0) is 23.7. The number of amidine groups is 2. The number of alkyl halides is 2. The van der Waals surface area contributed by atoms with E-state index in [2.05, 4.69) is 15.4 Å². The molecule has 178 valence electrons. The number of carbonyl (C=O) groups excluding carboxylic acids is 1. The van der Waals surface area contributed by atoms with Crippen molar-refractivity contribution in [3.05, 3.63) is 46.8 Å². The lowest BCUT2D eigenvalue weighted by atomic mass is 10.0. The van der Waals surface area contributed by atoms with Crippen LogP contribution in [0.2, 0.25) is 0 Å². The molecule has 4 rings (SSSR count). The van der Waals surface area contributed by atoms with E-state index in [1.807, 2.05) is 11.8 Å². The Morgan fingerprint density at radius 3 is 2.82 bits per heavy atom. The molecule has 0 unspecified atom stereocenters. The monoisotopic (exact) mass is 465 g/mol. The first kappa shape index (κ1) is 23.2. The molecule has 0 aromatic heterocycles. The third-order valence-corrected chi connectivity index (χ3v) is 5.78. The summed E-state index contributed by atoms with van der Waals surface area (Å²) >= 11 is 0. The fourth-order valence-corrected chi connectivity index (χ4v) is 4.08. The summed E-state index contributed by atoms with van der Waals surface area (Å²) in [6, 6.07) is 2.81. The van der Waals surface area contributed by atoms with Gasteiger partial charge in [0.2, 0.25) is 0 Å². The average Bonchev–Trinajstić information content (AvgIpc) is 3.18. The molecule has 3 heterocycles. The summed E-state index contributed by atoms with van der Waals surface area (Å²) in [6.45, 7) is 5.17. The van der Waals surface area contributed by atoms with Gasteiger partial charge in [-0.2, -0.15) is 5.10 Å². The smallest absolute Gasteiger partial charge is 0.266 e. The van der Waals surface area contributed by atoms with Crippen molar-refractivity contribution >= 4 is 17.6 Å². The van der Waals surface area contributed by atoms with Crippen molar-refractivity contribution < 1.29 is 27.8 Å². The number of rotatable bonds is 5. The number of carbonyl (C=O) groups is 1. The molecule has 11 heteroatoms. The van der Waals surface area contributed by atoms with Crippen molar-refractivity contribution in [1.29, 1.82) is 0 Å². The number of nitrogens with zero attached hydrogens (tertiary/aromatic N) is 4. The highest BCUT2D eigenvalue weighted by atomic mass is 19.3. The number of ether oxygens (including phenoxy) is 1. The molecule has 1 saturated heterocycles. The van der Waals surface area contributed by atoms with Crippen LogP contribution >= 0.6 is 0 Å². The second-order valence-corrected chi connectivity index (χ2v) is 8.27. The van der Waals surface area contributed by atoms with Crippen LogP contribution < -0.4 is 5.32 Å². The summed E-state index contributed by atoms with van der Waals surface area (Å²) in [5.41, 5.74) is -0.469. The van der Waals surface area contributed by atoms with Crippen molar-refractivity contribution in [3.8, 4) is 0 Å². The van der Waals surface area contributed by atoms with E-state index < -0.39 is 29.8 Å². The maximum Gasteiger partial charge on any atom is 0.266 e. The van der Waals surface area contributed by atoms with E-state index in [4.69, 9.17) is 4.74 Å². The van der Waals surface area contributed by atoms with Crippen LogP contribution in [0.1, 0.15) is 37.4 Å². The summed E-state index contributed by atoms with van der Waals surface area (Å²) < 4.78 is 46.2. The maximum atomic E-state index is 14.6. The van der Waals surface area contributed by atoms with Crippen molar-refractivity contribution in [1.82, 2.24) is 15.2 Å². The number of nitrogens with one attached hydrogen (secondary N) is 1. The average molecular weight is 465 g/mol. The summed E-state index contributed by atoms with van der Waals surface area (Å²) in [5, 5.41) is 18.4. The number of hydrazone groups is 1. The van der Waals surface area contributed by atoms with E-state index in [-0.39, 0.29) is 29.9 Å². The molecule has 3 atom stereocenters. The van der Waals surface area contributed by atoms with E-state index >= 15 is 0 Å². The normalized spacial score (nSPS) is 23.7. The van der Waals surface area contributed by atoms with Crippen LogP contribution in [-0.4, -0.2) is 77.6 Å². The number of halogens is 3. The van der Waals surface area contributed by atoms with E-state index in [1.54, 1.807) is 11.1 Å². The Hall–Kier alpha value is -2.92. The number of aliphatic imine (C=N–C) groups is 1. The Bertz CT molecular complexity index is 1010. The van der Waals surface area contributed by atoms with Crippen LogP contribution in [0.3, 0.4) is 0 Å². The van der Waals surface area contributed by atoms with Gasteiger partial charge in [0.15, 0.2) is 5.84 Å². The van der Waals surface area contributed by atoms with Crippen molar-refractivity contribution in [2.24, 2.45) is 10.1 Å². The van der Waals surface area contributed by atoms with Gasteiger partial charge >= 0.3 is 0 Å². The molecular weight excluding hydrogens is 439 g/mol. The second-order valence-electron chi connectivity index (χ2n) is 8.27. The van der Waals surface area contributed by atoms with Crippen LogP contribution in [0.4, 0.5) is 13.2 Å². The minimum absolute atomic E-state index is 0.0241. The number of aliphatic hydroxyl groups excluding tert-OH is 1. The predicted molar refractivity (Wildman–Crippen MR) is 115 cm³/mol. The molecule has 3 aliphatic heterocycles. The molecule has 0 radical (unpaired) electrons. The minimum Gasteiger partial charge on any atom is -0.394 e. The van der Waals surface area contributed by atoms with Gasteiger partial charge < -0.3 is 20.1 Å². The Morgan fingerprint density at radius 1 is 1.33 bits per heavy atom. The summed E-state index contributed by atoms with van der Waals surface area (Å²) in [4.78, 5) is 19.6.